The topological polar surface area (TPSA) is 105 Å². The second-order valence-electron chi connectivity index (χ2n) is 6.47. The molecule has 0 spiro atoms. The minimum Gasteiger partial charge on any atom is -0.387 e. The number of likely N-dealkylation sites (N-methyl/N-ethyl adjacent to an activating group) is 1. The molecule has 0 fully saturated rings. The van der Waals surface area contributed by atoms with Crippen molar-refractivity contribution in [2.75, 3.05) is 40.9 Å². The van der Waals surface area contributed by atoms with Crippen molar-refractivity contribution in [1.82, 2.24) is 5.32 Å². The monoisotopic (exact) mass is 367 g/mol. The third kappa shape index (κ3) is 11.7. The van der Waals surface area contributed by atoms with Crippen molar-refractivity contribution in [3.63, 3.8) is 0 Å². The lowest BCUT2D eigenvalue weighted by molar-refractivity contribution is -0.870. The van der Waals surface area contributed by atoms with Crippen molar-refractivity contribution in [2.24, 2.45) is 0 Å². The van der Waals surface area contributed by atoms with E-state index in [9.17, 15) is 19.4 Å². The van der Waals surface area contributed by atoms with E-state index in [4.69, 9.17) is 9.05 Å². The highest BCUT2D eigenvalue weighted by molar-refractivity contribution is 7.47. The maximum Gasteiger partial charge on any atom is 0.472 e. The average molecular weight is 367 g/mol. The van der Waals surface area contributed by atoms with Gasteiger partial charge in [-0.15, -0.1) is 0 Å². The zero-order valence-electron chi connectivity index (χ0n) is 15.3. The summed E-state index contributed by atoms with van der Waals surface area (Å²) >= 11 is 0. The molecule has 1 amide bonds. The number of aliphatic hydroxyl groups is 1. The van der Waals surface area contributed by atoms with E-state index in [-0.39, 0.29) is 25.5 Å². The number of amides is 1. The molecule has 0 heterocycles. The molecule has 0 aromatic heterocycles. The SMILES string of the molecule is CC/C=C/[C@@H](O)[C@H](COP(=O)(O)OCC[N+](C)(C)C)NC(=O)CC. The Balaban J connectivity index is 4.63. The van der Waals surface area contributed by atoms with Crippen LogP contribution in [0, 0.1) is 0 Å². The first-order chi connectivity index (χ1) is 11.0. The molecule has 0 radical (unpaired) electrons. The van der Waals surface area contributed by atoms with Crippen LogP contribution in [0.5, 0.6) is 0 Å². The number of rotatable bonds is 12. The summed E-state index contributed by atoms with van der Waals surface area (Å²) < 4.78 is 22.3. The summed E-state index contributed by atoms with van der Waals surface area (Å²) in [6, 6.07) is -0.831. The third-order valence-corrected chi connectivity index (χ3v) is 4.07. The van der Waals surface area contributed by atoms with Crippen molar-refractivity contribution in [3.05, 3.63) is 12.2 Å². The predicted octanol–water partition coefficient (Wildman–Crippen LogP) is 1.05. The fourth-order valence-corrected chi connectivity index (χ4v) is 2.32. The van der Waals surface area contributed by atoms with Gasteiger partial charge in [-0.1, -0.05) is 26.0 Å². The van der Waals surface area contributed by atoms with Gasteiger partial charge in [0.2, 0.25) is 5.91 Å². The van der Waals surface area contributed by atoms with Crippen molar-refractivity contribution >= 4 is 13.7 Å². The molecule has 0 bridgehead atoms. The van der Waals surface area contributed by atoms with Crippen LogP contribution < -0.4 is 5.32 Å². The zero-order chi connectivity index (χ0) is 18.8. The normalized spacial score (nSPS) is 17.5. The van der Waals surface area contributed by atoms with E-state index in [2.05, 4.69) is 5.32 Å². The first-order valence-corrected chi connectivity index (χ1v) is 9.56. The van der Waals surface area contributed by atoms with E-state index >= 15 is 0 Å². The summed E-state index contributed by atoms with van der Waals surface area (Å²) in [5.74, 6) is -0.286. The van der Waals surface area contributed by atoms with Gasteiger partial charge in [0.05, 0.1) is 39.9 Å². The Morgan fingerprint density at radius 1 is 1.29 bits per heavy atom. The van der Waals surface area contributed by atoms with Crippen LogP contribution in [0.1, 0.15) is 26.7 Å². The third-order valence-electron chi connectivity index (χ3n) is 3.08. The molecule has 0 aliphatic rings. The van der Waals surface area contributed by atoms with Crippen LogP contribution >= 0.6 is 7.82 Å². The Labute approximate surface area is 144 Å². The first-order valence-electron chi connectivity index (χ1n) is 8.07. The largest absolute Gasteiger partial charge is 0.472 e. The predicted molar refractivity (Wildman–Crippen MR) is 92.3 cm³/mol. The molecule has 8 nitrogen and oxygen atoms in total. The van der Waals surface area contributed by atoms with Crippen molar-refractivity contribution in [2.45, 2.75) is 38.8 Å². The number of carbonyl (C=O) groups excluding carboxylic acids is 1. The molecule has 0 rings (SSSR count). The van der Waals surface area contributed by atoms with Gasteiger partial charge in [0.15, 0.2) is 0 Å². The summed E-state index contributed by atoms with van der Waals surface area (Å²) in [7, 11) is 1.54. The van der Waals surface area contributed by atoms with E-state index in [0.29, 0.717) is 11.0 Å². The Morgan fingerprint density at radius 3 is 2.42 bits per heavy atom. The number of nitrogens with one attached hydrogen (secondary N) is 1. The number of aliphatic hydroxyl groups excluding tert-OH is 1. The number of carbonyl (C=O) groups is 1. The van der Waals surface area contributed by atoms with Gasteiger partial charge in [-0.3, -0.25) is 13.8 Å². The minimum atomic E-state index is -4.25. The lowest BCUT2D eigenvalue weighted by Crippen LogP contribution is -2.45. The molecule has 0 aliphatic carbocycles. The smallest absolute Gasteiger partial charge is 0.387 e. The lowest BCUT2D eigenvalue weighted by Gasteiger charge is -2.25. The van der Waals surface area contributed by atoms with Gasteiger partial charge in [-0.2, -0.15) is 0 Å². The van der Waals surface area contributed by atoms with E-state index in [0.717, 1.165) is 6.42 Å². The highest BCUT2D eigenvalue weighted by Crippen LogP contribution is 2.43. The fourth-order valence-electron chi connectivity index (χ4n) is 1.59. The maximum atomic E-state index is 11.9. The molecule has 0 aromatic rings. The molecule has 0 saturated heterocycles. The summed E-state index contributed by atoms with van der Waals surface area (Å²) in [5, 5.41) is 12.6. The van der Waals surface area contributed by atoms with E-state index < -0.39 is 20.0 Å². The number of quaternary nitrogens is 1. The summed E-state index contributed by atoms with van der Waals surface area (Å²) in [5.41, 5.74) is 0. The fraction of sp³-hybridized carbons (Fsp3) is 0.800. The molecular formula is C15H32N2O6P+. The van der Waals surface area contributed by atoms with Crippen molar-refractivity contribution in [1.29, 1.82) is 0 Å². The van der Waals surface area contributed by atoms with E-state index in [1.807, 2.05) is 28.1 Å². The Hall–Kier alpha value is -0.760. The molecule has 24 heavy (non-hydrogen) atoms. The van der Waals surface area contributed by atoms with Crippen LogP contribution in [-0.4, -0.2) is 73.4 Å². The van der Waals surface area contributed by atoms with Crippen LogP contribution in [0.3, 0.4) is 0 Å². The van der Waals surface area contributed by atoms with Gasteiger partial charge in [0.1, 0.15) is 13.2 Å². The van der Waals surface area contributed by atoms with Crippen LogP contribution in [0.15, 0.2) is 12.2 Å². The number of phosphoric ester groups is 1. The molecule has 9 heteroatoms. The Kier molecular flexibility index (Phi) is 10.6. The summed E-state index contributed by atoms with van der Waals surface area (Å²) in [4.78, 5) is 21.2. The number of hydrogen-bond donors (Lipinski definition) is 3. The van der Waals surface area contributed by atoms with Gasteiger partial charge >= 0.3 is 7.82 Å². The van der Waals surface area contributed by atoms with Gasteiger partial charge in [-0.25, -0.2) is 4.57 Å². The Morgan fingerprint density at radius 2 is 1.92 bits per heavy atom. The van der Waals surface area contributed by atoms with Gasteiger partial charge in [-0.05, 0) is 6.42 Å². The van der Waals surface area contributed by atoms with Gasteiger partial charge in [0, 0.05) is 6.42 Å². The van der Waals surface area contributed by atoms with E-state index in [1.165, 1.54) is 6.08 Å². The maximum absolute atomic E-state index is 11.9. The van der Waals surface area contributed by atoms with Crippen LogP contribution in [-0.2, 0) is 18.4 Å². The van der Waals surface area contributed by atoms with E-state index in [1.54, 1.807) is 13.0 Å². The standard InChI is InChI=1S/C15H31N2O6P/c1-6-8-9-14(18)13(16-15(19)7-2)12-23-24(20,21)22-11-10-17(3,4)5/h8-9,13-14,18H,6-7,10-12H2,1-5H3,(H-,16,19,20,21)/p+1/b9-8+/t13-,14+/m0/s1. The molecular weight excluding hydrogens is 335 g/mol. The second-order valence-corrected chi connectivity index (χ2v) is 7.92. The number of hydrogen-bond acceptors (Lipinski definition) is 5. The molecule has 142 valence electrons. The van der Waals surface area contributed by atoms with Crippen molar-refractivity contribution in [3.8, 4) is 0 Å². The second kappa shape index (κ2) is 11.0. The summed E-state index contributed by atoms with van der Waals surface area (Å²) in [6.45, 7) is 3.83. The van der Waals surface area contributed by atoms with Gasteiger partial charge < -0.3 is 19.8 Å². The molecule has 0 saturated carbocycles. The highest BCUT2D eigenvalue weighted by atomic mass is 31.2. The number of nitrogens with zero attached hydrogens (tertiary/aromatic N) is 1. The average Bonchev–Trinajstić information content (AvgIpc) is 2.47. The molecule has 1 unspecified atom stereocenters. The van der Waals surface area contributed by atoms with Crippen molar-refractivity contribution < 1.29 is 32.9 Å². The molecule has 0 aromatic carbocycles. The molecule has 3 N–H and O–H groups in total. The first kappa shape index (κ1) is 23.2. The van der Waals surface area contributed by atoms with Crippen LogP contribution in [0.4, 0.5) is 0 Å². The highest BCUT2D eigenvalue weighted by Gasteiger charge is 2.27. The number of phosphoric acid groups is 1. The molecule has 3 atom stereocenters. The lowest BCUT2D eigenvalue weighted by atomic mass is 10.1. The number of allylic oxidation sites excluding steroid dienone is 1. The van der Waals surface area contributed by atoms with Crippen LogP contribution in [0.25, 0.3) is 0 Å². The Bertz CT molecular complexity index is 450. The zero-order valence-corrected chi connectivity index (χ0v) is 16.2. The quantitative estimate of drug-likeness (QED) is 0.271. The molecule has 0 aliphatic heterocycles. The minimum absolute atomic E-state index is 0.0571. The summed E-state index contributed by atoms with van der Waals surface area (Å²) in [6.07, 6.45) is 3.19. The van der Waals surface area contributed by atoms with Gasteiger partial charge in [0.25, 0.3) is 0 Å². The van der Waals surface area contributed by atoms with Crippen LogP contribution in [0.2, 0.25) is 0 Å².